The summed E-state index contributed by atoms with van der Waals surface area (Å²) in [5.74, 6) is 0.960. The number of hydrazone groups is 1. The number of hydrogen-bond acceptors (Lipinski definition) is 4. The van der Waals surface area contributed by atoms with Crippen LogP contribution in [0.25, 0.3) is 0 Å². The van der Waals surface area contributed by atoms with Gasteiger partial charge in [0.15, 0.2) is 0 Å². The number of amides is 2. The summed E-state index contributed by atoms with van der Waals surface area (Å²) in [6.07, 6.45) is 2.62. The molecular formula is C18H17N3OS2. The topological polar surface area (TPSA) is 35.9 Å². The summed E-state index contributed by atoms with van der Waals surface area (Å²) < 4.78 is 0.613. The zero-order valence-electron chi connectivity index (χ0n) is 13.0. The Morgan fingerprint density at radius 2 is 1.79 bits per heavy atom. The van der Waals surface area contributed by atoms with Crippen LogP contribution in [-0.2, 0) is 0 Å². The predicted molar refractivity (Wildman–Crippen MR) is 105 cm³/mol. The minimum atomic E-state index is -0.217. The van der Waals surface area contributed by atoms with E-state index in [1.54, 1.807) is 11.1 Å². The molecule has 0 aromatic heterocycles. The van der Waals surface area contributed by atoms with E-state index in [2.05, 4.69) is 5.10 Å². The lowest BCUT2D eigenvalue weighted by atomic mass is 10.2. The fourth-order valence-electron chi connectivity index (χ4n) is 2.30. The Morgan fingerprint density at radius 3 is 2.46 bits per heavy atom. The molecule has 6 heteroatoms. The molecule has 0 radical (unpaired) electrons. The van der Waals surface area contributed by atoms with Gasteiger partial charge in [-0.3, -0.25) is 4.90 Å². The number of carbonyl (C=O) groups excluding carboxylic acids is 1. The highest BCUT2D eigenvalue weighted by molar-refractivity contribution is 8.23. The molecule has 0 spiro atoms. The van der Waals surface area contributed by atoms with Crippen molar-refractivity contribution in [1.82, 2.24) is 4.90 Å². The van der Waals surface area contributed by atoms with Gasteiger partial charge in [0.25, 0.3) is 0 Å². The molecule has 2 aromatic rings. The number of thiocarbonyl (C=S) groups is 1. The summed E-state index contributed by atoms with van der Waals surface area (Å²) >= 11 is 6.88. The van der Waals surface area contributed by atoms with Crippen LogP contribution in [0.5, 0.6) is 0 Å². The Morgan fingerprint density at radius 1 is 1.12 bits per heavy atom. The van der Waals surface area contributed by atoms with E-state index in [1.165, 1.54) is 16.8 Å². The lowest BCUT2D eigenvalue weighted by Gasteiger charge is -2.30. The van der Waals surface area contributed by atoms with Crippen molar-refractivity contribution in [3.63, 3.8) is 0 Å². The average molecular weight is 355 g/mol. The summed E-state index contributed by atoms with van der Waals surface area (Å²) in [7, 11) is 0. The molecule has 1 heterocycles. The van der Waals surface area contributed by atoms with Crippen LogP contribution in [0, 0.1) is 0 Å². The van der Waals surface area contributed by atoms with E-state index in [4.69, 9.17) is 12.2 Å². The average Bonchev–Trinajstić information content (AvgIpc) is 2.64. The molecular weight excluding hydrogens is 338 g/mol. The molecule has 4 nitrogen and oxygen atoms in total. The highest BCUT2D eigenvalue weighted by Crippen LogP contribution is 2.22. The van der Waals surface area contributed by atoms with Crippen LogP contribution in [0.15, 0.2) is 65.8 Å². The van der Waals surface area contributed by atoms with Gasteiger partial charge in [-0.2, -0.15) is 10.1 Å². The van der Waals surface area contributed by atoms with Gasteiger partial charge in [0.2, 0.25) is 0 Å². The van der Waals surface area contributed by atoms with Gasteiger partial charge in [0, 0.05) is 12.3 Å². The second kappa shape index (κ2) is 8.08. The third kappa shape index (κ3) is 4.01. The summed E-state index contributed by atoms with van der Waals surface area (Å²) in [6.45, 7) is 0.634. The molecule has 1 aliphatic rings. The maximum atomic E-state index is 13.0. The van der Waals surface area contributed by atoms with Crippen LogP contribution in [0.4, 0.5) is 10.5 Å². The molecule has 1 saturated heterocycles. The third-order valence-electron chi connectivity index (χ3n) is 3.51. The standard InChI is InChI=1S/C18H17N3OS2/c22-17(20-12-7-13-24-18(20)23)21(16-10-5-2-6-11-16)19-14-15-8-3-1-4-9-15/h1-6,8-11,14H,7,12-13H2/b19-14+. The summed E-state index contributed by atoms with van der Waals surface area (Å²) in [6, 6.07) is 18.9. The Kier molecular flexibility index (Phi) is 5.61. The fourth-order valence-corrected chi connectivity index (χ4v) is 3.49. The van der Waals surface area contributed by atoms with Crippen molar-refractivity contribution in [2.45, 2.75) is 6.42 Å². The van der Waals surface area contributed by atoms with Gasteiger partial charge in [0.1, 0.15) is 4.32 Å². The van der Waals surface area contributed by atoms with Gasteiger partial charge in [-0.1, -0.05) is 72.5 Å². The Hall–Kier alpha value is -2.18. The molecule has 2 aromatic carbocycles. The second-order valence-corrected chi connectivity index (χ2v) is 6.93. The SMILES string of the molecule is O=C(N1CCCSC1=S)N(/N=C/c1ccccc1)c1ccccc1. The molecule has 1 fully saturated rings. The molecule has 3 rings (SSSR count). The molecule has 1 aliphatic heterocycles. The molecule has 2 amide bonds. The molecule has 0 bridgehead atoms. The zero-order valence-corrected chi connectivity index (χ0v) is 14.7. The number of nitrogens with zero attached hydrogens (tertiary/aromatic N) is 3. The van der Waals surface area contributed by atoms with Crippen LogP contribution in [0.1, 0.15) is 12.0 Å². The van der Waals surface area contributed by atoms with Crippen molar-refractivity contribution in [2.75, 3.05) is 17.3 Å². The molecule has 0 saturated carbocycles. The van der Waals surface area contributed by atoms with Crippen molar-refractivity contribution < 1.29 is 4.79 Å². The number of urea groups is 1. The normalized spacial score (nSPS) is 14.8. The maximum Gasteiger partial charge on any atom is 0.350 e. The van der Waals surface area contributed by atoms with E-state index >= 15 is 0 Å². The first kappa shape index (κ1) is 16.7. The van der Waals surface area contributed by atoms with Gasteiger partial charge in [0.05, 0.1) is 11.9 Å². The highest BCUT2D eigenvalue weighted by atomic mass is 32.2. The van der Waals surface area contributed by atoms with E-state index in [1.807, 2.05) is 60.7 Å². The van der Waals surface area contributed by atoms with Crippen LogP contribution in [0.2, 0.25) is 0 Å². The van der Waals surface area contributed by atoms with Gasteiger partial charge in [-0.25, -0.2) is 4.79 Å². The number of thioether (sulfide) groups is 1. The predicted octanol–water partition coefficient (Wildman–Crippen LogP) is 4.37. The van der Waals surface area contributed by atoms with Gasteiger partial charge in [-0.15, -0.1) is 0 Å². The molecule has 0 atom stereocenters. The second-order valence-electron chi connectivity index (χ2n) is 5.20. The minimum Gasteiger partial charge on any atom is -0.277 e. The van der Waals surface area contributed by atoms with Crippen molar-refractivity contribution in [3.8, 4) is 0 Å². The van der Waals surface area contributed by atoms with Crippen LogP contribution >= 0.6 is 24.0 Å². The Labute approximate surface area is 151 Å². The molecule has 122 valence electrons. The van der Waals surface area contributed by atoms with E-state index < -0.39 is 0 Å². The maximum absolute atomic E-state index is 13.0. The van der Waals surface area contributed by atoms with E-state index in [-0.39, 0.29) is 6.03 Å². The van der Waals surface area contributed by atoms with Crippen molar-refractivity contribution >= 4 is 46.2 Å². The van der Waals surface area contributed by atoms with Gasteiger partial charge >= 0.3 is 6.03 Å². The van der Waals surface area contributed by atoms with E-state index in [0.29, 0.717) is 16.6 Å². The van der Waals surface area contributed by atoms with Gasteiger partial charge in [-0.05, 0) is 24.1 Å². The zero-order chi connectivity index (χ0) is 16.8. The third-order valence-corrected chi connectivity index (χ3v) is 5.04. The summed E-state index contributed by atoms with van der Waals surface area (Å²) in [5, 5.41) is 5.83. The van der Waals surface area contributed by atoms with Crippen LogP contribution in [0.3, 0.4) is 0 Å². The first-order valence-electron chi connectivity index (χ1n) is 7.68. The molecule has 0 aliphatic carbocycles. The molecule has 0 N–H and O–H groups in total. The summed E-state index contributed by atoms with van der Waals surface area (Å²) in [5.41, 5.74) is 1.65. The van der Waals surface area contributed by atoms with Crippen molar-refractivity contribution in [1.29, 1.82) is 0 Å². The smallest absolute Gasteiger partial charge is 0.277 e. The monoisotopic (exact) mass is 355 g/mol. The molecule has 0 unspecified atom stereocenters. The van der Waals surface area contributed by atoms with Gasteiger partial charge < -0.3 is 0 Å². The number of rotatable bonds is 3. The first-order chi connectivity index (χ1) is 11.8. The quantitative estimate of drug-likeness (QED) is 0.466. The number of hydrogen-bond donors (Lipinski definition) is 0. The summed E-state index contributed by atoms with van der Waals surface area (Å²) in [4.78, 5) is 14.6. The Balaban J connectivity index is 1.89. The number of anilines is 1. The van der Waals surface area contributed by atoms with E-state index in [0.717, 1.165) is 17.7 Å². The lowest BCUT2D eigenvalue weighted by Crippen LogP contribution is -2.45. The van der Waals surface area contributed by atoms with Crippen LogP contribution in [-0.4, -0.2) is 33.8 Å². The molecule has 24 heavy (non-hydrogen) atoms. The lowest BCUT2D eigenvalue weighted by molar-refractivity contribution is 0.228. The number of para-hydroxylation sites is 1. The number of benzene rings is 2. The largest absolute Gasteiger partial charge is 0.350 e. The van der Waals surface area contributed by atoms with Crippen LogP contribution < -0.4 is 5.01 Å². The van der Waals surface area contributed by atoms with E-state index in [9.17, 15) is 4.79 Å². The Bertz CT molecular complexity index is 734. The van der Waals surface area contributed by atoms with Crippen molar-refractivity contribution in [3.05, 3.63) is 66.2 Å². The van der Waals surface area contributed by atoms with Crippen molar-refractivity contribution in [2.24, 2.45) is 5.10 Å². The first-order valence-corrected chi connectivity index (χ1v) is 9.07. The number of carbonyl (C=O) groups is 1. The minimum absolute atomic E-state index is 0.217. The highest BCUT2D eigenvalue weighted by Gasteiger charge is 2.27. The fraction of sp³-hybridized carbons (Fsp3) is 0.167.